The zero-order valence-electron chi connectivity index (χ0n) is 11.8. The summed E-state index contributed by atoms with van der Waals surface area (Å²) < 4.78 is 1.60. The standard InChI is InChI=1S/C17H13NO4/c1-18-10(8-16(20)21)6-7-14(18)13-9-15(19)11-4-2-3-5-12(11)17(13)22/h2-7,9H,8H2,1H3,(H,20,21)/p-1. The minimum absolute atomic E-state index is 0.229. The lowest BCUT2D eigenvalue weighted by molar-refractivity contribution is -0.304. The number of aromatic nitrogens is 1. The van der Waals surface area contributed by atoms with Gasteiger partial charge in [0.1, 0.15) is 0 Å². The van der Waals surface area contributed by atoms with Gasteiger partial charge in [-0.2, -0.15) is 0 Å². The molecule has 0 amide bonds. The number of aliphatic carboxylic acids is 1. The van der Waals surface area contributed by atoms with Gasteiger partial charge >= 0.3 is 0 Å². The van der Waals surface area contributed by atoms with Crippen LogP contribution in [0.4, 0.5) is 0 Å². The summed E-state index contributed by atoms with van der Waals surface area (Å²) in [5.74, 6) is -1.66. The van der Waals surface area contributed by atoms with Crippen molar-refractivity contribution in [3.63, 3.8) is 0 Å². The fourth-order valence-electron chi connectivity index (χ4n) is 2.66. The van der Waals surface area contributed by atoms with Gasteiger partial charge in [0.2, 0.25) is 0 Å². The Labute approximate surface area is 126 Å². The summed E-state index contributed by atoms with van der Waals surface area (Å²) in [6.07, 6.45) is 1.06. The van der Waals surface area contributed by atoms with Crippen molar-refractivity contribution in [3.05, 3.63) is 65.0 Å². The van der Waals surface area contributed by atoms with Gasteiger partial charge in [-0.3, -0.25) is 9.59 Å². The molecular formula is C17H12NO4-. The molecule has 0 saturated heterocycles. The Kier molecular flexibility index (Phi) is 3.25. The van der Waals surface area contributed by atoms with Crippen LogP contribution in [0.2, 0.25) is 0 Å². The molecule has 0 radical (unpaired) electrons. The van der Waals surface area contributed by atoms with Crippen molar-refractivity contribution in [1.82, 2.24) is 4.57 Å². The number of carboxylic acid groups (broad SMARTS) is 1. The van der Waals surface area contributed by atoms with E-state index in [1.807, 2.05) is 0 Å². The maximum atomic E-state index is 12.6. The first-order valence-corrected chi connectivity index (χ1v) is 6.73. The normalized spacial score (nSPS) is 13.8. The molecule has 5 heteroatoms. The van der Waals surface area contributed by atoms with Gasteiger partial charge in [-0.1, -0.05) is 24.3 Å². The van der Waals surface area contributed by atoms with E-state index in [4.69, 9.17) is 0 Å². The molecule has 1 aliphatic carbocycles. The van der Waals surface area contributed by atoms with Gasteiger partial charge < -0.3 is 14.5 Å². The molecule has 0 spiro atoms. The van der Waals surface area contributed by atoms with Crippen LogP contribution in [-0.2, 0) is 18.3 Å². The minimum atomic E-state index is -1.20. The summed E-state index contributed by atoms with van der Waals surface area (Å²) in [7, 11) is 1.66. The zero-order chi connectivity index (χ0) is 15.9. The summed E-state index contributed by atoms with van der Waals surface area (Å²) in [5.41, 5.74) is 2.06. The Morgan fingerprint density at radius 2 is 1.77 bits per heavy atom. The molecular weight excluding hydrogens is 282 g/mol. The van der Waals surface area contributed by atoms with Crippen LogP contribution in [0.25, 0.3) is 5.57 Å². The van der Waals surface area contributed by atoms with Gasteiger partial charge in [-0.25, -0.2) is 0 Å². The summed E-state index contributed by atoms with van der Waals surface area (Å²) >= 11 is 0. The van der Waals surface area contributed by atoms with E-state index in [2.05, 4.69) is 0 Å². The van der Waals surface area contributed by atoms with Gasteiger partial charge in [0, 0.05) is 36.3 Å². The van der Waals surface area contributed by atoms with Crippen molar-refractivity contribution in [1.29, 1.82) is 0 Å². The first kappa shape index (κ1) is 14.0. The van der Waals surface area contributed by atoms with Crippen LogP contribution in [0.1, 0.15) is 32.1 Å². The Bertz CT molecular complexity index is 842. The van der Waals surface area contributed by atoms with Crippen molar-refractivity contribution in [2.45, 2.75) is 6.42 Å². The average molecular weight is 294 g/mol. The molecule has 3 rings (SSSR count). The molecule has 0 saturated carbocycles. The minimum Gasteiger partial charge on any atom is -0.550 e. The molecule has 0 aliphatic heterocycles. The predicted octanol–water partition coefficient (Wildman–Crippen LogP) is 0.780. The SMILES string of the molecule is Cn1c(CC(=O)[O-])ccc1C1=CC(=O)c2ccccc2C1=O. The van der Waals surface area contributed by atoms with Crippen LogP contribution in [0.5, 0.6) is 0 Å². The number of hydrogen-bond acceptors (Lipinski definition) is 4. The molecule has 1 aromatic carbocycles. The fourth-order valence-corrected chi connectivity index (χ4v) is 2.66. The number of carbonyl (C=O) groups is 3. The number of allylic oxidation sites excluding steroid dienone is 2. The highest BCUT2D eigenvalue weighted by Crippen LogP contribution is 2.28. The predicted molar refractivity (Wildman–Crippen MR) is 77.2 cm³/mol. The molecule has 22 heavy (non-hydrogen) atoms. The first-order chi connectivity index (χ1) is 10.5. The van der Waals surface area contributed by atoms with E-state index in [-0.39, 0.29) is 23.6 Å². The fraction of sp³-hybridized carbons (Fsp3) is 0.118. The Morgan fingerprint density at radius 1 is 1.09 bits per heavy atom. The number of Topliss-reactive ketones (excluding diaryl/α,β-unsaturated/α-hetero) is 1. The quantitative estimate of drug-likeness (QED) is 0.838. The highest BCUT2D eigenvalue weighted by atomic mass is 16.4. The number of rotatable bonds is 3. The molecule has 110 valence electrons. The molecule has 0 unspecified atom stereocenters. The molecule has 2 aromatic rings. The summed E-state index contributed by atoms with van der Waals surface area (Å²) in [5, 5.41) is 10.7. The van der Waals surface area contributed by atoms with Gasteiger partial charge in [-0.05, 0) is 18.2 Å². The smallest absolute Gasteiger partial charge is 0.196 e. The number of hydrogen-bond donors (Lipinski definition) is 0. The van der Waals surface area contributed by atoms with E-state index in [0.29, 0.717) is 22.5 Å². The van der Waals surface area contributed by atoms with Gasteiger partial charge in [-0.15, -0.1) is 0 Å². The third-order valence-electron chi connectivity index (χ3n) is 3.78. The lowest BCUT2D eigenvalue weighted by Crippen LogP contribution is -2.25. The summed E-state index contributed by atoms with van der Waals surface area (Å²) in [4.78, 5) is 35.5. The van der Waals surface area contributed by atoms with E-state index < -0.39 is 5.97 Å². The molecule has 5 nitrogen and oxygen atoms in total. The molecule has 1 aromatic heterocycles. The van der Waals surface area contributed by atoms with Crippen LogP contribution in [0.3, 0.4) is 0 Å². The van der Waals surface area contributed by atoms with E-state index in [1.165, 1.54) is 6.08 Å². The van der Waals surface area contributed by atoms with Crippen LogP contribution < -0.4 is 5.11 Å². The second kappa shape index (κ2) is 5.11. The van der Waals surface area contributed by atoms with Gasteiger partial charge in [0.15, 0.2) is 11.6 Å². The Hall–Kier alpha value is -2.95. The Balaban J connectivity index is 2.07. The van der Waals surface area contributed by atoms with E-state index in [9.17, 15) is 19.5 Å². The number of nitrogens with zero attached hydrogens (tertiary/aromatic N) is 1. The van der Waals surface area contributed by atoms with Gasteiger partial charge in [0.05, 0.1) is 11.3 Å². The number of carbonyl (C=O) groups excluding carboxylic acids is 3. The second-order valence-corrected chi connectivity index (χ2v) is 5.11. The lowest BCUT2D eigenvalue weighted by atomic mass is 9.88. The molecule has 0 bridgehead atoms. The third kappa shape index (κ3) is 2.16. The second-order valence-electron chi connectivity index (χ2n) is 5.11. The molecule has 1 aliphatic rings. The number of ketones is 2. The largest absolute Gasteiger partial charge is 0.550 e. The third-order valence-corrected chi connectivity index (χ3v) is 3.78. The maximum Gasteiger partial charge on any atom is 0.196 e. The monoisotopic (exact) mass is 294 g/mol. The molecule has 0 N–H and O–H groups in total. The first-order valence-electron chi connectivity index (χ1n) is 6.73. The van der Waals surface area contributed by atoms with Gasteiger partial charge in [0.25, 0.3) is 0 Å². The van der Waals surface area contributed by atoms with Crippen molar-refractivity contribution >= 4 is 23.1 Å². The van der Waals surface area contributed by atoms with E-state index in [1.54, 1.807) is 48.0 Å². The molecule has 1 heterocycles. The lowest BCUT2D eigenvalue weighted by Gasteiger charge is -2.16. The number of fused-ring (bicyclic) bond motifs is 1. The number of benzene rings is 1. The van der Waals surface area contributed by atoms with Crippen molar-refractivity contribution in [2.24, 2.45) is 7.05 Å². The topological polar surface area (TPSA) is 79.2 Å². The summed E-state index contributed by atoms with van der Waals surface area (Å²) in [6, 6.07) is 9.92. The maximum absolute atomic E-state index is 12.6. The van der Waals surface area contributed by atoms with Crippen LogP contribution >= 0.6 is 0 Å². The van der Waals surface area contributed by atoms with Crippen molar-refractivity contribution in [2.75, 3.05) is 0 Å². The average Bonchev–Trinajstić information content (AvgIpc) is 2.84. The van der Waals surface area contributed by atoms with Crippen molar-refractivity contribution < 1.29 is 19.5 Å². The van der Waals surface area contributed by atoms with Crippen molar-refractivity contribution in [3.8, 4) is 0 Å². The highest BCUT2D eigenvalue weighted by Gasteiger charge is 2.27. The zero-order valence-corrected chi connectivity index (χ0v) is 11.8. The Morgan fingerprint density at radius 3 is 2.45 bits per heavy atom. The van der Waals surface area contributed by atoms with Crippen LogP contribution in [0, 0.1) is 0 Å². The van der Waals surface area contributed by atoms with Crippen LogP contribution in [-0.4, -0.2) is 22.1 Å². The molecule has 0 fully saturated rings. The molecule has 0 atom stereocenters. The highest BCUT2D eigenvalue weighted by molar-refractivity contribution is 6.38. The van der Waals surface area contributed by atoms with Crippen LogP contribution in [0.15, 0.2) is 42.5 Å². The van der Waals surface area contributed by atoms with E-state index in [0.717, 1.165) is 0 Å². The van der Waals surface area contributed by atoms with E-state index >= 15 is 0 Å². The number of carboxylic acids is 1. The summed E-state index contributed by atoms with van der Waals surface area (Å²) in [6.45, 7) is 0.